The molecule has 3 aliphatic rings. The van der Waals surface area contributed by atoms with Gasteiger partial charge < -0.3 is 19.5 Å². The largest absolute Gasteiger partial charge is 0.493 e. The Bertz CT molecular complexity index is 1540. The monoisotopic (exact) mass is 538 g/mol. The number of piperazine rings is 1. The van der Waals surface area contributed by atoms with E-state index in [1.54, 1.807) is 17.4 Å². The highest BCUT2D eigenvalue weighted by molar-refractivity contribution is 7.12. The molecule has 4 aromatic rings. The van der Waals surface area contributed by atoms with Crippen LogP contribution in [0.3, 0.4) is 0 Å². The van der Waals surface area contributed by atoms with Crippen molar-refractivity contribution in [1.29, 1.82) is 0 Å². The molecule has 2 aromatic heterocycles. The van der Waals surface area contributed by atoms with Crippen LogP contribution in [0.1, 0.15) is 38.2 Å². The van der Waals surface area contributed by atoms with Gasteiger partial charge in [0.25, 0.3) is 0 Å². The quantitative estimate of drug-likeness (QED) is 0.359. The van der Waals surface area contributed by atoms with Crippen molar-refractivity contribution < 1.29 is 9.53 Å². The maximum absolute atomic E-state index is 13.8. The first-order valence-electron chi connectivity index (χ1n) is 14.0. The molecule has 1 N–H and O–H groups in total. The molecule has 0 bridgehead atoms. The van der Waals surface area contributed by atoms with E-state index in [4.69, 9.17) is 4.74 Å². The fourth-order valence-electron chi connectivity index (χ4n) is 6.25. The number of thiophene rings is 1. The zero-order chi connectivity index (χ0) is 26.3. The number of benzene rings is 2. The van der Waals surface area contributed by atoms with Crippen molar-refractivity contribution in [2.75, 3.05) is 46.4 Å². The van der Waals surface area contributed by atoms with Gasteiger partial charge in [0.1, 0.15) is 5.75 Å². The molecule has 0 spiro atoms. The SMILES string of the molecule is CN1CCN(Cc2ccc(C=CC(=O)N3CCc4c([nH]c5ccccc45)[C@H]3c3ccc4c(c3)CCO4)s2)CC1. The Morgan fingerprint density at radius 1 is 1.05 bits per heavy atom. The van der Waals surface area contributed by atoms with Crippen LogP contribution in [0.15, 0.2) is 60.7 Å². The van der Waals surface area contributed by atoms with Gasteiger partial charge in [-0.05, 0) is 66.6 Å². The van der Waals surface area contributed by atoms with Gasteiger partial charge in [-0.3, -0.25) is 9.69 Å². The fraction of sp³-hybridized carbons (Fsp3) is 0.344. The van der Waals surface area contributed by atoms with E-state index in [-0.39, 0.29) is 11.9 Å². The van der Waals surface area contributed by atoms with E-state index < -0.39 is 0 Å². The van der Waals surface area contributed by atoms with Gasteiger partial charge >= 0.3 is 0 Å². The molecule has 3 aliphatic heterocycles. The van der Waals surface area contributed by atoms with Gasteiger partial charge in [-0.1, -0.05) is 24.3 Å². The summed E-state index contributed by atoms with van der Waals surface area (Å²) in [6, 6.07) is 19.1. The second kappa shape index (κ2) is 10.3. The number of rotatable bonds is 5. The van der Waals surface area contributed by atoms with Crippen LogP contribution in [-0.2, 0) is 24.2 Å². The number of amides is 1. The smallest absolute Gasteiger partial charge is 0.247 e. The van der Waals surface area contributed by atoms with Crippen LogP contribution < -0.4 is 4.74 Å². The molecule has 6 nitrogen and oxygen atoms in total. The second-order valence-corrected chi connectivity index (χ2v) is 12.1. The second-order valence-electron chi connectivity index (χ2n) is 10.9. The van der Waals surface area contributed by atoms with Crippen LogP contribution in [0.2, 0.25) is 0 Å². The third-order valence-corrected chi connectivity index (χ3v) is 9.43. The summed E-state index contributed by atoms with van der Waals surface area (Å²) < 4.78 is 5.77. The maximum atomic E-state index is 13.8. The Balaban J connectivity index is 1.15. The van der Waals surface area contributed by atoms with Crippen molar-refractivity contribution in [1.82, 2.24) is 19.7 Å². The number of carbonyl (C=O) groups excluding carboxylic acids is 1. The van der Waals surface area contributed by atoms with Crippen molar-refractivity contribution in [2.24, 2.45) is 0 Å². The zero-order valence-corrected chi connectivity index (χ0v) is 23.2. The highest BCUT2D eigenvalue weighted by Gasteiger charge is 2.34. The van der Waals surface area contributed by atoms with Crippen molar-refractivity contribution in [2.45, 2.75) is 25.4 Å². The first-order chi connectivity index (χ1) is 19.1. The highest BCUT2D eigenvalue weighted by atomic mass is 32.1. The summed E-state index contributed by atoms with van der Waals surface area (Å²) in [7, 11) is 2.19. The van der Waals surface area contributed by atoms with Crippen LogP contribution in [0.5, 0.6) is 5.75 Å². The Morgan fingerprint density at radius 3 is 2.82 bits per heavy atom. The standard InChI is InChI=1S/C32H34N4O2S/c1-34-15-17-35(18-16-34)21-25-8-7-24(39-25)9-11-30(37)36-14-12-27-26-4-2-3-5-28(26)33-31(27)32(36)23-6-10-29-22(20-23)13-19-38-29/h2-11,20,32-33H,12-19,21H2,1H3/t32-/m1/s1. The predicted molar refractivity (Wildman–Crippen MR) is 157 cm³/mol. The summed E-state index contributed by atoms with van der Waals surface area (Å²) in [5.74, 6) is 1.02. The Hall–Kier alpha value is -3.39. The van der Waals surface area contributed by atoms with E-state index in [0.717, 1.165) is 79.6 Å². The average Bonchev–Trinajstić information content (AvgIpc) is 3.70. The van der Waals surface area contributed by atoms with Crippen LogP contribution >= 0.6 is 11.3 Å². The average molecular weight is 539 g/mol. The van der Waals surface area contributed by atoms with Gasteiger partial charge in [-0.25, -0.2) is 0 Å². The summed E-state index contributed by atoms with van der Waals surface area (Å²) in [5, 5.41) is 1.26. The third-order valence-electron chi connectivity index (χ3n) is 8.39. The van der Waals surface area contributed by atoms with Gasteiger partial charge in [0.2, 0.25) is 5.91 Å². The van der Waals surface area contributed by atoms with E-state index in [9.17, 15) is 4.79 Å². The molecule has 0 saturated carbocycles. The maximum Gasteiger partial charge on any atom is 0.247 e. The lowest BCUT2D eigenvalue weighted by atomic mass is 9.91. The molecule has 1 fully saturated rings. The minimum atomic E-state index is -0.152. The fourth-order valence-corrected chi connectivity index (χ4v) is 7.20. The summed E-state index contributed by atoms with van der Waals surface area (Å²) in [6.07, 6.45) is 5.52. The van der Waals surface area contributed by atoms with Crippen molar-refractivity contribution in [3.8, 4) is 5.75 Å². The lowest BCUT2D eigenvalue weighted by Crippen LogP contribution is -2.43. The zero-order valence-electron chi connectivity index (χ0n) is 22.4. The Morgan fingerprint density at radius 2 is 1.92 bits per heavy atom. The molecule has 7 rings (SSSR count). The van der Waals surface area contributed by atoms with E-state index in [1.807, 2.05) is 11.0 Å². The minimum absolute atomic E-state index is 0.0510. The lowest BCUT2D eigenvalue weighted by Gasteiger charge is -2.36. The molecule has 0 unspecified atom stereocenters. The van der Waals surface area contributed by atoms with Gasteiger partial charge in [-0.15, -0.1) is 11.3 Å². The molecule has 0 aliphatic carbocycles. The molecule has 1 amide bonds. The van der Waals surface area contributed by atoms with Crippen LogP contribution in [0, 0.1) is 0 Å². The Labute approximate surface area is 233 Å². The van der Waals surface area contributed by atoms with Gasteiger partial charge in [0, 0.05) is 78.1 Å². The molecular formula is C32H34N4O2S. The molecule has 1 atom stereocenters. The topological polar surface area (TPSA) is 51.8 Å². The lowest BCUT2D eigenvalue weighted by molar-refractivity contribution is -0.128. The van der Waals surface area contributed by atoms with Gasteiger partial charge in [0.15, 0.2) is 0 Å². The van der Waals surface area contributed by atoms with E-state index in [2.05, 4.69) is 76.4 Å². The molecule has 2 aromatic carbocycles. The number of aromatic amines is 1. The van der Waals surface area contributed by atoms with E-state index in [1.165, 1.54) is 21.4 Å². The summed E-state index contributed by atoms with van der Waals surface area (Å²) >= 11 is 1.79. The number of aromatic nitrogens is 1. The molecule has 5 heterocycles. The molecular weight excluding hydrogens is 504 g/mol. The normalized spacial score (nSPS) is 19.9. The number of likely N-dealkylation sites (N-methyl/N-ethyl adjacent to an activating group) is 1. The van der Waals surface area contributed by atoms with Crippen LogP contribution in [-0.4, -0.2) is 72.0 Å². The van der Waals surface area contributed by atoms with E-state index >= 15 is 0 Å². The van der Waals surface area contributed by atoms with Gasteiger partial charge in [-0.2, -0.15) is 0 Å². The first-order valence-corrected chi connectivity index (χ1v) is 14.8. The number of H-pyrrole nitrogens is 1. The number of hydrogen-bond acceptors (Lipinski definition) is 5. The number of carbonyl (C=O) groups is 1. The first kappa shape index (κ1) is 24.6. The number of ether oxygens (including phenoxy) is 1. The molecule has 39 heavy (non-hydrogen) atoms. The number of fused-ring (bicyclic) bond motifs is 4. The Kier molecular flexibility index (Phi) is 6.51. The van der Waals surface area contributed by atoms with Crippen molar-refractivity contribution >= 4 is 34.2 Å². The van der Waals surface area contributed by atoms with E-state index in [0.29, 0.717) is 6.54 Å². The molecule has 200 valence electrons. The molecule has 7 heteroatoms. The van der Waals surface area contributed by atoms with Crippen LogP contribution in [0.25, 0.3) is 17.0 Å². The number of nitrogens with zero attached hydrogens (tertiary/aromatic N) is 3. The molecule has 1 saturated heterocycles. The summed E-state index contributed by atoms with van der Waals surface area (Å²) in [5.41, 5.74) is 5.96. The molecule has 0 radical (unpaired) electrons. The highest BCUT2D eigenvalue weighted by Crippen LogP contribution is 2.40. The summed E-state index contributed by atoms with van der Waals surface area (Å²) in [6.45, 7) is 6.87. The predicted octanol–water partition coefficient (Wildman–Crippen LogP) is 5.10. The van der Waals surface area contributed by atoms with Crippen molar-refractivity contribution in [3.05, 3.63) is 92.8 Å². The minimum Gasteiger partial charge on any atom is -0.493 e. The van der Waals surface area contributed by atoms with Crippen LogP contribution in [0.4, 0.5) is 0 Å². The third kappa shape index (κ3) is 4.80. The number of hydrogen-bond donors (Lipinski definition) is 1. The van der Waals surface area contributed by atoms with Crippen molar-refractivity contribution in [3.63, 3.8) is 0 Å². The number of nitrogens with one attached hydrogen (secondary N) is 1. The summed E-state index contributed by atoms with van der Waals surface area (Å²) in [4.78, 5) is 26.9. The van der Waals surface area contributed by atoms with Gasteiger partial charge in [0.05, 0.1) is 12.6 Å². The number of para-hydroxylation sites is 1.